The van der Waals surface area contributed by atoms with Crippen molar-refractivity contribution < 1.29 is 19.5 Å². The molecule has 0 spiro atoms. The summed E-state index contributed by atoms with van der Waals surface area (Å²) in [7, 11) is 0. The van der Waals surface area contributed by atoms with Crippen LogP contribution in [0.25, 0.3) is 0 Å². The molecule has 0 unspecified atom stereocenters. The van der Waals surface area contributed by atoms with Gasteiger partial charge in [0.05, 0.1) is 0 Å². The molecule has 6 nitrogen and oxygen atoms in total. The zero-order valence-corrected chi connectivity index (χ0v) is 20.6. The van der Waals surface area contributed by atoms with Gasteiger partial charge in [-0.2, -0.15) is 9.59 Å². The molecule has 184 valence electrons. The van der Waals surface area contributed by atoms with Gasteiger partial charge < -0.3 is 16.2 Å². The van der Waals surface area contributed by atoms with Crippen LogP contribution in [0.5, 0.6) is 5.75 Å². The summed E-state index contributed by atoms with van der Waals surface area (Å²) in [6.07, 6.45) is 3.57. The molecule has 1 atom stereocenters. The Morgan fingerprint density at radius 1 is 0.914 bits per heavy atom. The maximum Gasteiger partial charge on any atom is 0.373 e. The van der Waals surface area contributed by atoms with Gasteiger partial charge in [0.2, 0.25) is 0 Å². The predicted molar refractivity (Wildman–Crippen MR) is 137 cm³/mol. The van der Waals surface area contributed by atoms with E-state index in [-0.39, 0.29) is 29.3 Å². The monoisotopic (exact) mass is 474 g/mol. The molecule has 6 heteroatoms. The maximum absolute atomic E-state index is 13.1. The minimum atomic E-state index is -0.0659. The first-order chi connectivity index (χ1) is 16.6. The molecular weight excluding hydrogens is 440 g/mol. The van der Waals surface area contributed by atoms with E-state index >= 15 is 0 Å². The topological polar surface area (TPSA) is 109 Å². The summed E-state index contributed by atoms with van der Waals surface area (Å²) >= 11 is 0. The number of rotatable bonds is 8. The molecule has 0 radical (unpaired) electrons. The first-order valence-corrected chi connectivity index (χ1v) is 11.6. The molecule has 35 heavy (non-hydrogen) atoms. The molecule has 3 aromatic carbocycles. The molecule has 0 bridgehead atoms. The SMILES string of the molecule is CC(C)(C)[C@H](CCc1ccccc1)NC(=O)c1ccc(N)c(CCc2ccc(O)cc2)c1.O=C=O. The summed E-state index contributed by atoms with van der Waals surface area (Å²) in [5.41, 5.74) is 10.8. The lowest BCUT2D eigenvalue weighted by Gasteiger charge is -2.32. The van der Waals surface area contributed by atoms with Crippen molar-refractivity contribution in [2.75, 3.05) is 5.73 Å². The second-order valence-electron chi connectivity index (χ2n) is 9.58. The smallest absolute Gasteiger partial charge is 0.373 e. The van der Waals surface area contributed by atoms with Gasteiger partial charge in [-0.05, 0) is 78.1 Å². The highest BCUT2D eigenvalue weighted by Gasteiger charge is 2.26. The van der Waals surface area contributed by atoms with E-state index in [1.165, 1.54) is 5.56 Å². The normalized spacial score (nSPS) is 11.5. The van der Waals surface area contributed by atoms with Crippen LogP contribution in [0.3, 0.4) is 0 Å². The highest BCUT2D eigenvalue weighted by Crippen LogP contribution is 2.25. The number of aromatic hydroxyl groups is 1. The van der Waals surface area contributed by atoms with E-state index < -0.39 is 0 Å². The number of hydrogen-bond donors (Lipinski definition) is 3. The van der Waals surface area contributed by atoms with Crippen LogP contribution in [-0.2, 0) is 28.9 Å². The van der Waals surface area contributed by atoms with Gasteiger partial charge in [0.15, 0.2) is 0 Å². The molecule has 1 amide bonds. The van der Waals surface area contributed by atoms with Crippen LogP contribution in [0.1, 0.15) is 54.2 Å². The summed E-state index contributed by atoms with van der Waals surface area (Å²) < 4.78 is 0. The molecule has 0 saturated heterocycles. The lowest BCUT2D eigenvalue weighted by molar-refractivity contribution is -0.191. The lowest BCUT2D eigenvalue weighted by Crippen LogP contribution is -2.44. The third-order valence-electron chi connectivity index (χ3n) is 5.94. The summed E-state index contributed by atoms with van der Waals surface area (Å²) in [5, 5.41) is 12.7. The second kappa shape index (κ2) is 13.1. The van der Waals surface area contributed by atoms with Crippen molar-refractivity contribution in [1.29, 1.82) is 0 Å². The molecule has 3 aromatic rings. The predicted octanol–water partition coefficient (Wildman–Crippen LogP) is 4.95. The number of amides is 1. The molecule has 0 aliphatic rings. The first kappa shape index (κ1) is 27.4. The largest absolute Gasteiger partial charge is 0.508 e. The van der Waals surface area contributed by atoms with Gasteiger partial charge in [0, 0.05) is 17.3 Å². The van der Waals surface area contributed by atoms with E-state index in [4.69, 9.17) is 15.3 Å². The summed E-state index contributed by atoms with van der Waals surface area (Å²) in [6, 6.07) is 23.1. The molecule has 0 aliphatic heterocycles. The molecule has 0 saturated carbocycles. The Bertz CT molecular complexity index is 1110. The Hall–Kier alpha value is -3.89. The summed E-state index contributed by atoms with van der Waals surface area (Å²) in [6.45, 7) is 6.49. The lowest BCUT2D eigenvalue weighted by atomic mass is 9.83. The Kier molecular flexibility index (Phi) is 10.2. The van der Waals surface area contributed by atoms with Gasteiger partial charge in [0.1, 0.15) is 5.75 Å². The quantitative estimate of drug-likeness (QED) is 0.400. The van der Waals surface area contributed by atoms with Crippen molar-refractivity contribution >= 4 is 17.7 Å². The van der Waals surface area contributed by atoms with Crippen molar-refractivity contribution in [3.05, 3.63) is 95.1 Å². The van der Waals surface area contributed by atoms with E-state index in [1.54, 1.807) is 18.2 Å². The van der Waals surface area contributed by atoms with E-state index in [0.717, 1.165) is 36.8 Å². The van der Waals surface area contributed by atoms with E-state index in [2.05, 4.69) is 38.2 Å². The standard InChI is InChI=1S/C28H34N2O2.CO2/c1-28(2,3)26(18-12-20-7-5-4-6-8-20)30-27(32)23-14-17-25(29)22(19-23)13-9-21-10-15-24(31)16-11-21;2-1-3/h4-8,10-11,14-17,19,26,31H,9,12-13,18,29H2,1-3H3,(H,30,32);/t26-;/m0./s1. The zero-order valence-electron chi connectivity index (χ0n) is 20.6. The third-order valence-corrected chi connectivity index (χ3v) is 5.94. The molecule has 0 fully saturated rings. The highest BCUT2D eigenvalue weighted by molar-refractivity contribution is 5.95. The Morgan fingerprint density at radius 3 is 2.11 bits per heavy atom. The van der Waals surface area contributed by atoms with Gasteiger partial charge in [0.25, 0.3) is 5.91 Å². The van der Waals surface area contributed by atoms with Gasteiger partial charge in [-0.15, -0.1) is 0 Å². The zero-order chi connectivity index (χ0) is 25.8. The van der Waals surface area contributed by atoms with Crippen molar-refractivity contribution in [2.24, 2.45) is 5.41 Å². The van der Waals surface area contributed by atoms with Crippen molar-refractivity contribution in [2.45, 2.75) is 52.5 Å². The van der Waals surface area contributed by atoms with Crippen molar-refractivity contribution in [3.8, 4) is 5.75 Å². The number of nitrogens with one attached hydrogen (secondary N) is 1. The van der Waals surface area contributed by atoms with Crippen LogP contribution < -0.4 is 11.1 Å². The number of phenolic OH excluding ortho intramolecular Hbond substituents is 1. The van der Waals surface area contributed by atoms with Crippen LogP contribution in [0.15, 0.2) is 72.8 Å². The number of aryl methyl sites for hydroxylation is 3. The fourth-order valence-corrected chi connectivity index (χ4v) is 3.82. The highest BCUT2D eigenvalue weighted by atomic mass is 16.3. The third kappa shape index (κ3) is 9.11. The minimum Gasteiger partial charge on any atom is -0.508 e. The number of hydrogen-bond acceptors (Lipinski definition) is 5. The Balaban J connectivity index is 0.00000137. The molecular formula is C29H34N2O4. The molecule has 0 aliphatic carbocycles. The number of carbonyl (C=O) groups is 1. The fraction of sp³-hybridized carbons (Fsp3) is 0.310. The number of anilines is 1. The average molecular weight is 475 g/mol. The minimum absolute atomic E-state index is 0.0493. The Morgan fingerprint density at radius 2 is 1.51 bits per heavy atom. The Labute approximate surface area is 207 Å². The molecule has 3 rings (SSSR count). The first-order valence-electron chi connectivity index (χ1n) is 11.6. The molecule has 4 N–H and O–H groups in total. The van der Waals surface area contributed by atoms with Gasteiger partial charge in [-0.1, -0.05) is 63.2 Å². The van der Waals surface area contributed by atoms with Crippen LogP contribution in [-0.4, -0.2) is 23.2 Å². The van der Waals surface area contributed by atoms with Crippen LogP contribution in [0, 0.1) is 5.41 Å². The molecule has 0 aromatic heterocycles. The van der Waals surface area contributed by atoms with Crippen LogP contribution in [0.4, 0.5) is 5.69 Å². The van der Waals surface area contributed by atoms with Gasteiger partial charge in [-0.25, -0.2) is 0 Å². The van der Waals surface area contributed by atoms with Crippen molar-refractivity contribution in [3.63, 3.8) is 0 Å². The second-order valence-corrected chi connectivity index (χ2v) is 9.58. The fourth-order valence-electron chi connectivity index (χ4n) is 3.82. The molecule has 0 heterocycles. The number of benzene rings is 3. The summed E-state index contributed by atoms with van der Waals surface area (Å²) in [4.78, 5) is 29.4. The number of nitrogen functional groups attached to an aromatic ring is 1. The van der Waals surface area contributed by atoms with Crippen LogP contribution >= 0.6 is 0 Å². The van der Waals surface area contributed by atoms with E-state index in [1.807, 2.05) is 42.5 Å². The van der Waals surface area contributed by atoms with Gasteiger partial charge in [-0.3, -0.25) is 4.79 Å². The van der Waals surface area contributed by atoms with E-state index in [9.17, 15) is 9.90 Å². The summed E-state index contributed by atoms with van der Waals surface area (Å²) in [5.74, 6) is 0.191. The van der Waals surface area contributed by atoms with Gasteiger partial charge >= 0.3 is 6.15 Å². The van der Waals surface area contributed by atoms with E-state index in [0.29, 0.717) is 11.3 Å². The maximum atomic E-state index is 13.1. The van der Waals surface area contributed by atoms with Crippen LogP contribution in [0.2, 0.25) is 0 Å². The number of nitrogens with two attached hydrogens (primary N) is 1. The average Bonchev–Trinajstić information content (AvgIpc) is 2.82. The number of phenols is 1. The van der Waals surface area contributed by atoms with Crippen molar-refractivity contribution in [1.82, 2.24) is 5.32 Å². The number of carbonyl (C=O) groups excluding carboxylic acids is 3.